The highest BCUT2D eigenvalue weighted by Crippen LogP contribution is 2.25. The third-order valence-electron chi connectivity index (χ3n) is 4.76. The Morgan fingerprint density at radius 3 is 2.26 bits per heavy atom. The summed E-state index contributed by atoms with van der Waals surface area (Å²) in [5.74, 6) is -0.325. The number of benzene rings is 2. The van der Waals surface area contributed by atoms with E-state index in [4.69, 9.17) is 0 Å². The summed E-state index contributed by atoms with van der Waals surface area (Å²) in [5, 5.41) is 2.96. The molecule has 5 nitrogen and oxygen atoms in total. The molecular formula is C21H28N2O3S. The van der Waals surface area contributed by atoms with Gasteiger partial charge in [0.1, 0.15) is 6.54 Å². The average Bonchev–Trinajstić information content (AvgIpc) is 2.60. The lowest BCUT2D eigenvalue weighted by atomic mass is 10.0. The summed E-state index contributed by atoms with van der Waals surface area (Å²) in [6, 6.07) is 13.3. The molecule has 0 radical (unpaired) electrons. The van der Waals surface area contributed by atoms with Crippen LogP contribution in [0.25, 0.3) is 0 Å². The van der Waals surface area contributed by atoms with Crippen LogP contribution in [0.1, 0.15) is 41.6 Å². The molecule has 0 fully saturated rings. The smallest absolute Gasteiger partial charge is 0.241 e. The Morgan fingerprint density at radius 1 is 1.07 bits per heavy atom. The zero-order valence-electron chi connectivity index (χ0n) is 16.6. The molecule has 0 bridgehead atoms. The molecule has 1 atom stereocenters. The maximum absolute atomic E-state index is 12.7. The molecule has 2 aromatic rings. The molecule has 0 aliphatic carbocycles. The van der Waals surface area contributed by atoms with Crippen LogP contribution in [-0.4, -0.2) is 27.1 Å². The van der Waals surface area contributed by atoms with E-state index in [2.05, 4.69) is 5.32 Å². The summed E-state index contributed by atoms with van der Waals surface area (Å²) >= 11 is 0. The Morgan fingerprint density at radius 2 is 1.70 bits per heavy atom. The van der Waals surface area contributed by atoms with Gasteiger partial charge in [-0.15, -0.1) is 0 Å². The predicted octanol–water partition coefficient (Wildman–Crippen LogP) is 3.65. The van der Waals surface area contributed by atoms with E-state index in [0.29, 0.717) is 5.69 Å². The highest BCUT2D eigenvalue weighted by molar-refractivity contribution is 7.92. The molecule has 2 rings (SSSR count). The fourth-order valence-electron chi connectivity index (χ4n) is 2.98. The quantitative estimate of drug-likeness (QED) is 0.787. The standard InChI is InChI=1S/C21H28N2O3S/c1-6-19(18-12-10-15(2)11-13-18)22-21(24)14-23(27(5,25)26)20-9-7-8-16(3)17(20)4/h7-13,19H,6,14H2,1-5H3,(H,22,24)/t19-/m1/s1. The number of hydrogen-bond acceptors (Lipinski definition) is 3. The third kappa shape index (κ3) is 5.32. The van der Waals surface area contributed by atoms with Crippen LogP contribution in [0.4, 0.5) is 5.69 Å². The van der Waals surface area contributed by atoms with E-state index < -0.39 is 10.0 Å². The maximum Gasteiger partial charge on any atom is 0.241 e. The molecule has 146 valence electrons. The first-order valence-electron chi connectivity index (χ1n) is 9.03. The van der Waals surface area contributed by atoms with Crippen LogP contribution in [0, 0.1) is 20.8 Å². The van der Waals surface area contributed by atoms with Gasteiger partial charge in [0.15, 0.2) is 0 Å². The van der Waals surface area contributed by atoms with Gasteiger partial charge in [0.05, 0.1) is 18.0 Å². The lowest BCUT2D eigenvalue weighted by molar-refractivity contribution is -0.120. The number of carbonyl (C=O) groups excluding carboxylic acids is 1. The van der Waals surface area contributed by atoms with Gasteiger partial charge in [-0.3, -0.25) is 9.10 Å². The van der Waals surface area contributed by atoms with Crippen LogP contribution < -0.4 is 9.62 Å². The molecule has 0 saturated carbocycles. The number of hydrogen-bond donors (Lipinski definition) is 1. The van der Waals surface area contributed by atoms with Gasteiger partial charge in [0, 0.05) is 0 Å². The van der Waals surface area contributed by atoms with Crippen molar-refractivity contribution in [2.75, 3.05) is 17.1 Å². The first-order chi connectivity index (χ1) is 12.6. The summed E-state index contributed by atoms with van der Waals surface area (Å²) in [5.41, 5.74) is 4.53. The number of sulfonamides is 1. The van der Waals surface area contributed by atoms with E-state index in [-0.39, 0.29) is 18.5 Å². The Balaban J connectivity index is 2.23. The topological polar surface area (TPSA) is 66.5 Å². The van der Waals surface area contributed by atoms with Crippen molar-refractivity contribution in [2.45, 2.75) is 40.2 Å². The zero-order chi connectivity index (χ0) is 20.2. The second-order valence-electron chi connectivity index (χ2n) is 6.93. The second kappa shape index (κ2) is 8.57. The fraction of sp³-hybridized carbons (Fsp3) is 0.381. The SMILES string of the molecule is CC[C@@H](NC(=O)CN(c1cccc(C)c1C)S(C)(=O)=O)c1ccc(C)cc1. The number of rotatable bonds is 7. The van der Waals surface area contributed by atoms with Gasteiger partial charge in [-0.1, -0.05) is 48.9 Å². The van der Waals surface area contributed by atoms with Crippen LogP contribution in [0.15, 0.2) is 42.5 Å². The molecule has 0 heterocycles. The minimum Gasteiger partial charge on any atom is -0.348 e. The minimum absolute atomic E-state index is 0.155. The summed E-state index contributed by atoms with van der Waals surface area (Å²) in [7, 11) is -3.59. The van der Waals surface area contributed by atoms with Crippen LogP contribution in [0.5, 0.6) is 0 Å². The third-order valence-corrected chi connectivity index (χ3v) is 5.88. The molecule has 27 heavy (non-hydrogen) atoms. The highest BCUT2D eigenvalue weighted by Gasteiger charge is 2.24. The fourth-order valence-corrected chi connectivity index (χ4v) is 3.88. The Kier molecular flexibility index (Phi) is 6.65. The van der Waals surface area contributed by atoms with Crippen LogP contribution in [-0.2, 0) is 14.8 Å². The molecule has 0 saturated heterocycles. The number of anilines is 1. The maximum atomic E-state index is 12.7. The van der Waals surface area contributed by atoms with Gasteiger partial charge >= 0.3 is 0 Å². The normalized spacial score (nSPS) is 12.5. The largest absolute Gasteiger partial charge is 0.348 e. The number of aryl methyl sites for hydroxylation is 2. The zero-order valence-corrected chi connectivity index (χ0v) is 17.4. The summed E-state index contributed by atoms with van der Waals surface area (Å²) < 4.78 is 25.9. The number of nitrogens with one attached hydrogen (secondary N) is 1. The Hall–Kier alpha value is -2.34. The van der Waals surface area contributed by atoms with Crippen molar-refractivity contribution in [3.8, 4) is 0 Å². The second-order valence-corrected chi connectivity index (χ2v) is 8.83. The first-order valence-corrected chi connectivity index (χ1v) is 10.9. The monoisotopic (exact) mass is 388 g/mol. The van der Waals surface area contributed by atoms with Crippen molar-refractivity contribution in [2.24, 2.45) is 0 Å². The van der Waals surface area contributed by atoms with Crippen LogP contribution in [0.3, 0.4) is 0 Å². The van der Waals surface area contributed by atoms with Gasteiger partial charge in [-0.2, -0.15) is 0 Å². The number of amides is 1. The molecule has 0 aliphatic heterocycles. The van der Waals surface area contributed by atoms with Crippen LogP contribution in [0.2, 0.25) is 0 Å². The molecule has 0 spiro atoms. The molecule has 0 aromatic heterocycles. The number of carbonyl (C=O) groups is 1. The van der Waals surface area contributed by atoms with E-state index >= 15 is 0 Å². The Bertz CT molecular complexity index is 906. The average molecular weight is 389 g/mol. The van der Waals surface area contributed by atoms with Gasteiger partial charge in [-0.05, 0) is 49.9 Å². The van der Waals surface area contributed by atoms with Crippen molar-refractivity contribution < 1.29 is 13.2 Å². The van der Waals surface area contributed by atoms with E-state index in [1.807, 2.05) is 58.0 Å². The van der Waals surface area contributed by atoms with Gasteiger partial charge < -0.3 is 5.32 Å². The summed E-state index contributed by atoms with van der Waals surface area (Å²) in [6.45, 7) is 7.54. The van der Waals surface area contributed by atoms with Crippen molar-refractivity contribution in [1.29, 1.82) is 0 Å². The van der Waals surface area contributed by atoms with E-state index in [1.54, 1.807) is 12.1 Å². The summed E-state index contributed by atoms with van der Waals surface area (Å²) in [4.78, 5) is 12.7. The van der Waals surface area contributed by atoms with Crippen molar-refractivity contribution in [1.82, 2.24) is 5.32 Å². The van der Waals surface area contributed by atoms with Crippen molar-refractivity contribution in [3.05, 3.63) is 64.7 Å². The first kappa shape index (κ1) is 21.0. The van der Waals surface area contributed by atoms with Gasteiger partial charge in [0.2, 0.25) is 15.9 Å². The highest BCUT2D eigenvalue weighted by atomic mass is 32.2. The minimum atomic E-state index is -3.59. The van der Waals surface area contributed by atoms with E-state index in [1.165, 1.54) is 4.31 Å². The van der Waals surface area contributed by atoms with Crippen LogP contribution >= 0.6 is 0 Å². The van der Waals surface area contributed by atoms with Gasteiger partial charge in [0.25, 0.3) is 0 Å². The van der Waals surface area contributed by atoms with Crippen molar-refractivity contribution in [3.63, 3.8) is 0 Å². The van der Waals surface area contributed by atoms with E-state index in [9.17, 15) is 13.2 Å². The molecule has 1 amide bonds. The lowest BCUT2D eigenvalue weighted by Gasteiger charge is -2.26. The molecular weight excluding hydrogens is 360 g/mol. The molecule has 0 unspecified atom stereocenters. The lowest BCUT2D eigenvalue weighted by Crippen LogP contribution is -2.41. The van der Waals surface area contributed by atoms with Crippen molar-refractivity contribution >= 4 is 21.6 Å². The Labute approximate surface area is 162 Å². The van der Waals surface area contributed by atoms with Gasteiger partial charge in [-0.25, -0.2) is 8.42 Å². The predicted molar refractivity (Wildman–Crippen MR) is 110 cm³/mol. The summed E-state index contributed by atoms with van der Waals surface area (Å²) in [6.07, 6.45) is 1.84. The molecule has 0 aliphatic rings. The molecule has 2 aromatic carbocycles. The molecule has 1 N–H and O–H groups in total. The van der Waals surface area contributed by atoms with E-state index in [0.717, 1.165) is 34.9 Å². The number of nitrogens with zero attached hydrogens (tertiary/aromatic N) is 1. The molecule has 6 heteroatoms.